The Bertz CT molecular complexity index is 1630. The maximum Gasteiger partial charge on any atom is 0.407 e. The molecular formula is C50H80O6P+. The highest BCUT2D eigenvalue weighted by atomic mass is 31.2. The topological polar surface area (TPSA) is 110 Å². The van der Waals surface area contributed by atoms with Gasteiger partial charge in [0.05, 0.1) is 0 Å². The predicted molar refractivity (Wildman–Crippen MR) is 242 cm³/mol. The summed E-state index contributed by atoms with van der Waals surface area (Å²) in [6, 6.07) is 16.8. The summed E-state index contributed by atoms with van der Waals surface area (Å²) in [5.41, 5.74) is 3.09. The Hall–Kier alpha value is -2.63. The summed E-state index contributed by atoms with van der Waals surface area (Å²) in [4.78, 5) is 24.4. The highest BCUT2D eigenvalue weighted by Gasteiger charge is 2.54. The van der Waals surface area contributed by atoms with E-state index in [1.807, 2.05) is 37.3 Å². The van der Waals surface area contributed by atoms with E-state index in [4.69, 9.17) is 4.52 Å². The molecule has 0 spiro atoms. The van der Waals surface area contributed by atoms with Gasteiger partial charge in [0.25, 0.3) is 0 Å². The SMILES string of the molecule is CCCCCCCCCCC(CC(O[P+](O)(O)CCCC)(c1ccc(O)cc1C(C)(C)CC)c1ccc(O)cc1C(C)(C)CC)c1ccc(O)cc1C(C)(C)CC. The van der Waals surface area contributed by atoms with E-state index in [1.54, 1.807) is 18.2 Å². The van der Waals surface area contributed by atoms with Crippen molar-refractivity contribution >= 4 is 7.94 Å². The summed E-state index contributed by atoms with van der Waals surface area (Å²) in [5, 5.41) is 33.2. The van der Waals surface area contributed by atoms with Crippen LogP contribution >= 0.6 is 7.94 Å². The van der Waals surface area contributed by atoms with Crippen LogP contribution in [0, 0.1) is 0 Å². The van der Waals surface area contributed by atoms with Crippen LogP contribution in [0.2, 0.25) is 0 Å². The van der Waals surface area contributed by atoms with Crippen molar-refractivity contribution in [1.29, 1.82) is 0 Å². The first kappa shape index (κ1) is 48.7. The third kappa shape index (κ3) is 12.7. The Morgan fingerprint density at radius 2 is 0.912 bits per heavy atom. The van der Waals surface area contributed by atoms with Gasteiger partial charge in [0.1, 0.15) is 23.4 Å². The van der Waals surface area contributed by atoms with E-state index in [9.17, 15) is 25.1 Å². The lowest BCUT2D eigenvalue weighted by Crippen LogP contribution is -2.39. The second kappa shape index (κ2) is 21.1. The second-order valence-corrected chi connectivity index (χ2v) is 20.7. The molecule has 0 bridgehead atoms. The van der Waals surface area contributed by atoms with Crippen molar-refractivity contribution in [2.24, 2.45) is 0 Å². The largest absolute Gasteiger partial charge is 0.508 e. The van der Waals surface area contributed by atoms with Crippen LogP contribution in [-0.2, 0) is 26.4 Å². The summed E-state index contributed by atoms with van der Waals surface area (Å²) in [5.74, 6) is 0.403. The maximum atomic E-state index is 12.2. The number of aromatic hydroxyl groups is 3. The smallest absolute Gasteiger partial charge is 0.407 e. The van der Waals surface area contributed by atoms with Gasteiger partial charge in [-0.15, -0.1) is 0 Å². The normalized spacial score (nSPS) is 13.6. The lowest BCUT2D eigenvalue weighted by atomic mass is 9.65. The van der Waals surface area contributed by atoms with Gasteiger partial charge in [-0.05, 0) is 130 Å². The first-order valence-corrected chi connectivity index (χ1v) is 24.1. The Labute approximate surface area is 348 Å². The standard InChI is InChI=1S/C50H79O6P/c1-12-17-19-20-21-22-23-24-25-37(41-29-26-38(51)33-44(41)47(6,7)14-3)36-50(56-57(54,55)32-18-13-2,42-30-27-39(52)34-45(42)48(8,9)15-4)43-31-28-40(53)35-46(43)49(10,11)16-5/h26-31,33-35,37,54-55H,12-25,32,36H2,1-11H3,(H2-,51,52,53)/p+1. The quantitative estimate of drug-likeness (QED) is 0.0431. The van der Waals surface area contributed by atoms with Gasteiger partial charge >= 0.3 is 7.94 Å². The zero-order chi connectivity index (χ0) is 42.7. The van der Waals surface area contributed by atoms with E-state index in [-0.39, 0.29) is 34.7 Å². The first-order valence-electron chi connectivity index (χ1n) is 22.3. The van der Waals surface area contributed by atoms with Crippen LogP contribution in [0.25, 0.3) is 0 Å². The molecule has 0 saturated carbocycles. The Morgan fingerprint density at radius 3 is 1.37 bits per heavy atom. The molecule has 0 heterocycles. The highest BCUT2D eigenvalue weighted by molar-refractivity contribution is 7.59. The molecule has 3 aromatic carbocycles. The Kier molecular flexibility index (Phi) is 18.0. The van der Waals surface area contributed by atoms with Crippen molar-refractivity contribution in [2.75, 3.05) is 6.16 Å². The van der Waals surface area contributed by atoms with E-state index in [0.29, 0.717) is 12.8 Å². The van der Waals surface area contributed by atoms with Gasteiger partial charge in [-0.1, -0.05) is 152 Å². The van der Waals surface area contributed by atoms with Gasteiger partial charge in [0, 0.05) is 0 Å². The third-order valence-corrected chi connectivity index (χ3v) is 14.7. The van der Waals surface area contributed by atoms with Crippen LogP contribution in [0.4, 0.5) is 0 Å². The van der Waals surface area contributed by atoms with E-state index in [1.165, 1.54) is 38.5 Å². The second-order valence-electron chi connectivity index (χ2n) is 18.8. The van der Waals surface area contributed by atoms with Crippen LogP contribution in [-0.4, -0.2) is 31.3 Å². The lowest BCUT2D eigenvalue weighted by molar-refractivity contribution is 0.0568. The number of hydrogen-bond acceptors (Lipinski definition) is 6. The van der Waals surface area contributed by atoms with Crippen molar-refractivity contribution in [2.45, 2.75) is 200 Å². The van der Waals surface area contributed by atoms with Crippen LogP contribution in [0.5, 0.6) is 17.2 Å². The minimum Gasteiger partial charge on any atom is -0.508 e. The molecule has 0 amide bonds. The summed E-state index contributed by atoms with van der Waals surface area (Å²) >= 11 is 0. The minimum atomic E-state index is -4.02. The molecule has 0 fully saturated rings. The average Bonchev–Trinajstić information content (AvgIpc) is 3.17. The van der Waals surface area contributed by atoms with Crippen molar-refractivity contribution in [1.82, 2.24) is 0 Å². The van der Waals surface area contributed by atoms with Crippen molar-refractivity contribution in [3.63, 3.8) is 0 Å². The molecule has 0 aliphatic rings. The van der Waals surface area contributed by atoms with Gasteiger partial charge in [-0.25, -0.2) is 0 Å². The third-order valence-electron chi connectivity index (χ3n) is 13.2. The number of phenolic OH excluding ortho intramolecular Hbond substituents is 3. The summed E-state index contributed by atoms with van der Waals surface area (Å²) in [6.45, 7) is 23.9. The van der Waals surface area contributed by atoms with Crippen molar-refractivity contribution in [3.8, 4) is 17.2 Å². The van der Waals surface area contributed by atoms with Crippen LogP contribution in [0.1, 0.15) is 212 Å². The average molecular weight is 808 g/mol. The Morgan fingerprint density at radius 1 is 0.509 bits per heavy atom. The molecule has 3 aromatic rings. The summed E-state index contributed by atoms with van der Waals surface area (Å²) in [6.07, 6.45) is 14.6. The van der Waals surface area contributed by atoms with Gasteiger partial charge in [-0.3, -0.25) is 0 Å². The van der Waals surface area contributed by atoms with E-state index >= 15 is 0 Å². The van der Waals surface area contributed by atoms with Crippen molar-refractivity contribution in [3.05, 3.63) is 88.0 Å². The summed E-state index contributed by atoms with van der Waals surface area (Å²) < 4.78 is 7.26. The fourth-order valence-corrected chi connectivity index (χ4v) is 9.94. The summed E-state index contributed by atoms with van der Waals surface area (Å²) in [7, 11) is -4.02. The van der Waals surface area contributed by atoms with Crippen LogP contribution in [0.15, 0.2) is 54.6 Å². The van der Waals surface area contributed by atoms with E-state index in [2.05, 4.69) is 75.3 Å². The number of benzene rings is 3. The van der Waals surface area contributed by atoms with Gasteiger partial charge in [0.15, 0.2) is 5.60 Å². The fraction of sp³-hybridized carbons (Fsp3) is 0.640. The van der Waals surface area contributed by atoms with Gasteiger partial charge < -0.3 is 15.3 Å². The van der Waals surface area contributed by atoms with Gasteiger partial charge in [0.2, 0.25) is 0 Å². The molecule has 7 heteroatoms. The van der Waals surface area contributed by atoms with Crippen molar-refractivity contribution < 1.29 is 29.6 Å². The van der Waals surface area contributed by atoms with Crippen LogP contribution < -0.4 is 0 Å². The molecule has 0 saturated heterocycles. The van der Waals surface area contributed by atoms with E-state index < -0.39 is 24.4 Å². The van der Waals surface area contributed by atoms with E-state index in [0.717, 1.165) is 78.3 Å². The van der Waals surface area contributed by atoms with Gasteiger partial charge in [-0.2, -0.15) is 14.3 Å². The number of rotatable bonds is 25. The first-order chi connectivity index (χ1) is 26.7. The zero-order valence-corrected chi connectivity index (χ0v) is 38.6. The molecule has 57 heavy (non-hydrogen) atoms. The molecule has 3 rings (SSSR count). The molecule has 5 N–H and O–H groups in total. The Balaban J connectivity index is 2.54. The number of unbranched alkanes of at least 4 members (excludes halogenated alkanes) is 8. The predicted octanol–water partition coefficient (Wildman–Crippen LogP) is 14.4. The van der Waals surface area contributed by atoms with Crippen LogP contribution in [0.3, 0.4) is 0 Å². The maximum absolute atomic E-state index is 12.2. The molecule has 320 valence electrons. The molecule has 0 radical (unpaired) electrons. The molecule has 1 atom stereocenters. The lowest BCUT2D eigenvalue weighted by Gasteiger charge is -2.43. The highest BCUT2D eigenvalue weighted by Crippen LogP contribution is 2.63. The molecule has 6 nitrogen and oxygen atoms in total. The monoisotopic (exact) mass is 808 g/mol. The molecular weight excluding hydrogens is 728 g/mol. The fourth-order valence-electron chi connectivity index (χ4n) is 8.35. The molecule has 0 aromatic heterocycles. The number of phenols is 3. The zero-order valence-electron chi connectivity index (χ0n) is 37.7. The minimum absolute atomic E-state index is 0.115. The molecule has 0 aliphatic heterocycles. The molecule has 0 aliphatic carbocycles. The number of hydrogen-bond donors (Lipinski definition) is 5. The molecule has 1 unspecified atom stereocenters.